The summed E-state index contributed by atoms with van der Waals surface area (Å²) >= 11 is 0. The van der Waals surface area contributed by atoms with Gasteiger partial charge in [0.15, 0.2) is 0 Å². The number of rotatable bonds is 7. The molecule has 0 saturated carbocycles. The predicted octanol–water partition coefficient (Wildman–Crippen LogP) is 3.41. The van der Waals surface area contributed by atoms with E-state index in [9.17, 15) is 13.2 Å². The second kappa shape index (κ2) is 9.68. The van der Waals surface area contributed by atoms with Gasteiger partial charge in [-0.2, -0.15) is 9.57 Å². The maximum Gasteiger partial charge on any atom is 0.306 e. The lowest BCUT2D eigenvalue weighted by Crippen LogP contribution is -2.35. The fraction of sp³-hybridized carbons (Fsp3) is 0.364. The number of nitrogens with zero attached hydrogens (tertiary/aromatic N) is 2. The number of piperidine rings is 1. The van der Waals surface area contributed by atoms with E-state index < -0.39 is 10.0 Å². The number of carbonyl (C=O) groups is 1. The average Bonchev–Trinajstić information content (AvgIpc) is 2.77. The number of sulfonamides is 1. The first kappa shape index (κ1) is 21.0. The lowest BCUT2D eigenvalue weighted by atomic mass is 10.1. The van der Waals surface area contributed by atoms with Crippen LogP contribution in [0.5, 0.6) is 0 Å². The van der Waals surface area contributed by atoms with Crippen molar-refractivity contribution in [3.05, 3.63) is 65.2 Å². The smallest absolute Gasteiger partial charge is 0.306 e. The van der Waals surface area contributed by atoms with E-state index in [0.717, 1.165) is 30.4 Å². The van der Waals surface area contributed by atoms with Crippen molar-refractivity contribution in [3.8, 4) is 6.07 Å². The summed E-state index contributed by atoms with van der Waals surface area (Å²) in [4.78, 5) is 12.3. The SMILES string of the molecule is N#Cc1ccc(COC(=O)CCc2ccc(S(=O)(=O)N3CCCCC3)cc2)cc1. The number of hydrogen-bond donors (Lipinski definition) is 0. The van der Waals surface area contributed by atoms with Gasteiger partial charge in [-0.25, -0.2) is 8.42 Å². The Balaban J connectivity index is 1.49. The van der Waals surface area contributed by atoms with E-state index in [0.29, 0.717) is 30.0 Å². The first-order valence-electron chi connectivity index (χ1n) is 9.73. The molecule has 1 heterocycles. The highest BCUT2D eigenvalue weighted by Gasteiger charge is 2.25. The molecule has 1 aliphatic heterocycles. The van der Waals surface area contributed by atoms with Crippen molar-refractivity contribution in [2.75, 3.05) is 13.1 Å². The molecule has 1 aliphatic rings. The number of benzene rings is 2. The first-order chi connectivity index (χ1) is 14.0. The quantitative estimate of drug-likeness (QED) is 0.651. The van der Waals surface area contributed by atoms with Crippen LogP contribution in [0.4, 0.5) is 0 Å². The van der Waals surface area contributed by atoms with E-state index in [1.165, 1.54) is 0 Å². The van der Waals surface area contributed by atoms with Gasteiger partial charge in [0, 0.05) is 19.5 Å². The number of esters is 1. The molecule has 29 heavy (non-hydrogen) atoms. The molecule has 0 spiro atoms. The molecule has 0 amide bonds. The second-order valence-electron chi connectivity index (χ2n) is 7.08. The van der Waals surface area contributed by atoms with Crippen molar-refractivity contribution in [1.29, 1.82) is 5.26 Å². The summed E-state index contributed by atoms with van der Waals surface area (Å²) in [7, 11) is -3.43. The van der Waals surface area contributed by atoms with Gasteiger partial charge in [-0.3, -0.25) is 4.79 Å². The van der Waals surface area contributed by atoms with E-state index >= 15 is 0 Å². The zero-order valence-electron chi connectivity index (χ0n) is 16.2. The molecular weight excluding hydrogens is 388 g/mol. The van der Waals surface area contributed by atoms with Crippen molar-refractivity contribution >= 4 is 16.0 Å². The van der Waals surface area contributed by atoms with Crippen molar-refractivity contribution in [2.45, 2.75) is 43.6 Å². The third-order valence-corrected chi connectivity index (χ3v) is 6.89. The Kier molecular flexibility index (Phi) is 7.02. The monoisotopic (exact) mass is 412 g/mol. The van der Waals surface area contributed by atoms with Gasteiger partial charge in [0.25, 0.3) is 0 Å². The number of ether oxygens (including phenoxy) is 1. The molecule has 0 radical (unpaired) electrons. The summed E-state index contributed by atoms with van der Waals surface area (Å²) in [5.41, 5.74) is 2.27. The maximum absolute atomic E-state index is 12.7. The first-order valence-corrected chi connectivity index (χ1v) is 11.2. The lowest BCUT2D eigenvalue weighted by molar-refractivity contribution is -0.144. The van der Waals surface area contributed by atoms with Crippen LogP contribution in [0.2, 0.25) is 0 Å². The Hall–Kier alpha value is -2.69. The van der Waals surface area contributed by atoms with Crippen LogP contribution in [0.25, 0.3) is 0 Å². The third kappa shape index (κ3) is 5.66. The Morgan fingerprint density at radius 2 is 1.59 bits per heavy atom. The highest BCUT2D eigenvalue weighted by atomic mass is 32.2. The predicted molar refractivity (Wildman–Crippen MR) is 108 cm³/mol. The Morgan fingerprint density at radius 3 is 2.21 bits per heavy atom. The van der Waals surface area contributed by atoms with Gasteiger partial charge in [-0.15, -0.1) is 0 Å². The summed E-state index contributed by atoms with van der Waals surface area (Å²) in [6, 6.07) is 15.7. The average molecular weight is 413 g/mol. The highest BCUT2D eigenvalue weighted by molar-refractivity contribution is 7.89. The van der Waals surface area contributed by atoms with E-state index in [4.69, 9.17) is 10.00 Å². The molecule has 2 aromatic rings. The van der Waals surface area contributed by atoms with E-state index in [1.807, 2.05) is 6.07 Å². The van der Waals surface area contributed by atoms with Gasteiger partial charge in [-0.05, 0) is 54.7 Å². The van der Waals surface area contributed by atoms with Gasteiger partial charge in [0.05, 0.1) is 16.5 Å². The molecule has 7 heteroatoms. The number of nitriles is 1. The number of aryl methyl sites for hydroxylation is 1. The molecule has 0 aliphatic carbocycles. The summed E-state index contributed by atoms with van der Waals surface area (Å²) in [5, 5.41) is 8.78. The number of hydrogen-bond acceptors (Lipinski definition) is 5. The molecule has 1 fully saturated rings. The van der Waals surface area contributed by atoms with Gasteiger partial charge >= 0.3 is 5.97 Å². The van der Waals surface area contributed by atoms with Gasteiger partial charge in [0.1, 0.15) is 6.61 Å². The summed E-state index contributed by atoms with van der Waals surface area (Å²) in [6.45, 7) is 1.32. The normalized spacial score (nSPS) is 14.9. The molecule has 2 aromatic carbocycles. The number of carbonyl (C=O) groups excluding carboxylic acids is 1. The zero-order chi connectivity index (χ0) is 20.7. The molecule has 3 rings (SSSR count). The maximum atomic E-state index is 12.7. The molecule has 0 atom stereocenters. The molecule has 0 unspecified atom stereocenters. The molecule has 0 N–H and O–H groups in total. The van der Waals surface area contributed by atoms with Crippen LogP contribution in [-0.2, 0) is 32.6 Å². The van der Waals surface area contributed by atoms with E-state index in [2.05, 4.69) is 0 Å². The molecule has 0 bridgehead atoms. The minimum Gasteiger partial charge on any atom is -0.461 e. The third-order valence-electron chi connectivity index (χ3n) is 4.98. The van der Waals surface area contributed by atoms with Crippen molar-refractivity contribution < 1.29 is 17.9 Å². The van der Waals surface area contributed by atoms with Crippen molar-refractivity contribution in [3.63, 3.8) is 0 Å². The van der Waals surface area contributed by atoms with Crippen LogP contribution in [-0.4, -0.2) is 31.8 Å². The Bertz CT molecular complexity index is 971. The fourth-order valence-corrected chi connectivity index (χ4v) is 4.76. The van der Waals surface area contributed by atoms with Crippen molar-refractivity contribution in [1.82, 2.24) is 4.31 Å². The molecule has 0 aromatic heterocycles. The molecule has 152 valence electrons. The minimum atomic E-state index is -3.43. The van der Waals surface area contributed by atoms with E-state index in [-0.39, 0.29) is 19.0 Å². The molecule has 6 nitrogen and oxygen atoms in total. The van der Waals surface area contributed by atoms with Gasteiger partial charge in [-0.1, -0.05) is 30.7 Å². The summed E-state index contributed by atoms with van der Waals surface area (Å²) in [5.74, 6) is -0.320. The van der Waals surface area contributed by atoms with Crippen molar-refractivity contribution in [2.24, 2.45) is 0 Å². The van der Waals surface area contributed by atoms with Crippen LogP contribution >= 0.6 is 0 Å². The van der Waals surface area contributed by atoms with Gasteiger partial charge in [0.2, 0.25) is 10.0 Å². The summed E-state index contributed by atoms with van der Waals surface area (Å²) < 4.78 is 32.1. The fourth-order valence-electron chi connectivity index (χ4n) is 3.24. The van der Waals surface area contributed by atoms with E-state index in [1.54, 1.807) is 52.8 Å². The standard InChI is InChI=1S/C22H24N2O4S/c23-16-19-4-6-20(7-5-19)17-28-22(25)13-10-18-8-11-21(12-9-18)29(26,27)24-14-2-1-3-15-24/h4-9,11-12H,1-3,10,13-15,17H2. The highest BCUT2D eigenvalue weighted by Crippen LogP contribution is 2.21. The zero-order valence-corrected chi connectivity index (χ0v) is 17.0. The van der Waals surface area contributed by atoms with Crippen LogP contribution in [0.15, 0.2) is 53.4 Å². The summed E-state index contributed by atoms with van der Waals surface area (Å²) in [6.07, 6.45) is 3.58. The van der Waals surface area contributed by atoms with Crippen LogP contribution < -0.4 is 0 Å². The van der Waals surface area contributed by atoms with Crippen LogP contribution in [0, 0.1) is 11.3 Å². The molecular formula is C22H24N2O4S. The molecule has 1 saturated heterocycles. The van der Waals surface area contributed by atoms with Gasteiger partial charge < -0.3 is 4.74 Å². The Labute approximate surface area is 171 Å². The van der Waals surface area contributed by atoms with Crippen LogP contribution in [0.3, 0.4) is 0 Å². The topological polar surface area (TPSA) is 87.5 Å². The van der Waals surface area contributed by atoms with Crippen LogP contribution in [0.1, 0.15) is 42.4 Å². The Morgan fingerprint density at radius 1 is 0.966 bits per heavy atom. The largest absolute Gasteiger partial charge is 0.461 e. The second-order valence-corrected chi connectivity index (χ2v) is 9.02. The lowest BCUT2D eigenvalue weighted by Gasteiger charge is -2.25. The minimum absolute atomic E-state index is 0.164.